The molecule has 3 saturated heterocycles. The normalized spacial score (nSPS) is 20.0. The number of carbonyl (C=O) groups is 3. The van der Waals surface area contributed by atoms with Crippen LogP contribution in [0.3, 0.4) is 0 Å². The molecule has 13 nitrogen and oxygen atoms in total. The summed E-state index contributed by atoms with van der Waals surface area (Å²) in [4.78, 5) is 48.4. The first-order valence-electron chi connectivity index (χ1n) is 19.6. The van der Waals surface area contributed by atoms with Crippen LogP contribution in [0.5, 0.6) is 5.75 Å². The molecule has 4 heterocycles. The van der Waals surface area contributed by atoms with Crippen molar-refractivity contribution < 1.29 is 23.9 Å². The zero-order valence-corrected chi connectivity index (χ0v) is 34.0. The molecular weight excluding hydrogens is 767 g/mol. The number of carbonyl (C=O) groups excluding carboxylic acids is 3. The smallest absolute Gasteiger partial charge is 0.320 e. The number of halogens is 2. The van der Waals surface area contributed by atoms with Gasteiger partial charge in [0.2, 0.25) is 0 Å². The van der Waals surface area contributed by atoms with Crippen LogP contribution in [0.15, 0.2) is 72.9 Å². The highest BCUT2D eigenvalue weighted by molar-refractivity contribution is 6.42. The molecule has 3 aliphatic rings. The number of benzene rings is 3. The van der Waals surface area contributed by atoms with E-state index in [4.69, 9.17) is 32.7 Å². The van der Waals surface area contributed by atoms with E-state index in [2.05, 4.69) is 37.8 Å². The first-order chi connectivity index (χ1) is 27.6. The molecule has 0 bridgehead atoms. The molecule has 7 rings (SSSR count). The highest BCUT2D eigenvalue weighted by Gasteiger charge is 2.44. The molecule has 0 saturated carbocycles. The van der Waals surface area contributed by atoms with E-state index in [1.54, 1.807) is 26.3 Å². The molecule has 3 amide bonds. The summed E-state index contributed by atoms with van der Waals surface area (Å²) in [7, 11) is 1.57. The van der Waals surface area contributed by atoms with Gasteiger partial charge in [0.15, 0.2) is 0 Å². The lowest BCUT2D eigenvalue weighted by Crippen LogP contribution is -2.59. The van der Waals surface area contributed by atoms with E-state index in [0.717, 1.165) is 62.0 Å². The SMILES string of the molecule is CCOC(=O)CN1CCN(C(=O)NC2(c3ccccc3)CCN(CCC3(c4ccc(Cl)c(Cl)c4)CCN(C(=O)c4cc(-c5cn[nH]n5)ccc4OC)C3)CC2)CC1. The molecular formula is C42H50Cl2N8O5. The fourth-order valence-electron chi connectivity index (χ4n) is 8.56. The highest BCUT2D eigenvalue weighted by atomic mass is 35.5. The Morgan fingerprint density at radius 1 is 0.842 bits per heavy atom. The van der Waals surface area contributed by atoms with Crippen molar-refractivity contribution in [1.82, 2.24) is 40.3 Å². The number of likely N-dealkylation sites (tertiary alicyclic amines) is 2. The van der Waals surface area contributed by atoms with Crippen molar-refractivity contribution in [3.8, 4) is 17.0 Å². The van der Waals surface area contributed by atoms with Gasteiger partial charge in [-0.1, -0.05) is 59.6 Å². The number of piperazine rings is 1. The second kappa shape index (κ2) is 17.8. The summed E-state index contributed by atoms with van der Waals surface area (Å²) in [6.45, 7) is 8.15. The molecule has 3 aromatic carbocycles. The summed E-state index contributed by atoms with van der Waals surface area (Å²) < 4.78 is 10.8. The summed E-state index contributed by atoms with van der Waals surface area (Å²) >= 11 is 13.0. The van der Waals surface area contributed by atoms with Gasteiger partial charge in [0.25, 0.3) is 5.91 Å². The van der Waals surface area contributed by atoms with Crippen LogP contribution in [0, 0.1) is 0 Å². The number of ether oxygens (including phenoxy) is 2. The Balaban J connectivity index is 1.04. The Morgan fingerprint density at radius 2 is 1.61 bits per heavy atom. The summed E-state index contributed by atoms with van der Waals surface area (Å²) in [5, 5.41) is 15.2. The molecule has 2 N–H and O–H groups in total. The standard InChI is InChI=1S/C42H50Cl2N8O5/c1-3-57-38(53)28-50-21-23-51(24-22-50)40(55)46-42(31-7-5-4-6-8-31)15-18-49(19-16-42)17-13-41(32-10-11-34(43)35(44)26-32)14-20-52(29-41)39(54)33-25-30(9-12-37(33)56-2)36-27-45-48-47-36/h4-12,25-27H,3,13-24,28-29H2,1-2H3,(H,46,55)(H,45,47,48). The summed E-state index contributed by atoms with van der Waals surface area (Å²) in [5.41, 5.74) is 3.15. The van der Waals surface area contributed by atoms with Crippen LogP contribution in [-0.2, 0) is 20.5 Å². The number of aromatic nitrogens is 3. The predicted octanol–water partition coefficient (Wildman–Crippen LogP) is 5.84. The van der Waals surface area contributed by atoms with Gasteiger partial charge in [-0.05, 0) is 80.6 Å². The Labute approximate surface area is 343 Å². The van der Waals surface area contributed by atoms with Crippen LogP contribution in [0.25, 0.3) is 11.3 Å². The van der Waals surface area contributed by atoms with E-state index in [-0.39, 0.29) is 29.9 Å². The maximum atomic E-state index is 14.3. The molecule has 3 fully saturated rings. The number of esters is 1. The van der Waals surface area contributed by atoms with Crippen molar-refractivity contribution in [3.05, 3.63) is 99.7 Å². The Bertz CT molecular complexity index is 2020. The van der Waals surface area contributed by atoms with Crippen LogP contribution in [0.4, 0.5) is 4.79 Å². The molecule has 1 atom stereocenters. The summed E-state index contributed by atoms with van der Waals surface area (Å²) in [5.74, 6) is 0.150. The van der Waals surface area contributed by atoms with Crippen LogP contribution < -0.4 is 10.1 Å². The molecule has 0 spiro atoms. The fourth-order valence-corrected chi connectivity index (χ4v) is 8.85. The van der Waals surface area contributed by atoms with Crippen molar-refractivity contribution >= 4 is 41.1 Å². The van der Waals surface area contributed by atoms with Crippen LogP contribution in [-0.4, -0.2) is 132 Å². The topological polar surface area (TPSA) is 136 Å². The van der Waals surface area contributed by atoms with Gasteiger partial charge in [-0.15, -0.1) is 0 Å². The Morgan fingerprint density at radius 3 is 2.30 bits per heavy atom. The highest BCUT2D eigenvalue weighted by Crippen LogP contribution is 2.42. The van der Waals surface area contributed by atoms with Gasteiger partial charge in [-0.25, -0.2) is 4.79 Å². The molecule has 1 unspecified atom stereocenters. The van der Waals surface area contributed by atoms with Crippen molar-refractivity contribution in [2.45, 2.75) is 43.6 Å². The number of methoxy groups -OCH3 is 1. The minimum absolute atomic E-state index is 0.0828. The Kier molecular flexibility index (Phi) is 12.7. The van der Waals surface area contributed by atoms with Gasteiger partial charge in [0, 0.05) is 63.3 Å². The third-order valence-corrected chi connectivity index (χ3v) is 12.7. The number of nitrogens with one attached hydrogen (secondary N) is 2. The molecule has 0 radical (unpaired) electrons. The van der Waals surface area contributed by atoms with Gasteiger partial charge >= 0.3 is 12.0 Å². The van der Waals surface area contributed by atoms with Crippen molar-refractivity contribution in [2.75, 3.05) is 79.2 Å². The first-order valence-corrected chi connectivity index (χ1v) is 20.4. The minimum atomic E-state index is -0.519. The lowest BCUT2D eigenvalue weighted by molar-refractivity contribution is -0.144. The average molecular weight is 818 g/mol. The molecule has 3 aliphatic heterocycles. The second-order valence-corrected chi connectivity index (χ2v) is 16.0. The number of urea groups is 1. The number of amides is 3. The molecule has 302 valence electrons. The Hall–Kier alpha value is -4.69. The second-order valence-electron chi connectivity index (χ2n) is 15.2. The van der Waals surface area contributed by atoms with Crippen molar-refractivity contribution in [1.29, 1.82) is 0 Å². The number of hydrogen-bond donors (Lipinski definition) is 2. The van der Waals surface area contributed by atoms with Crippen LogP contribution >= 0.6 is 23.2 Å². The van der Waals surface area contributed by atoms with E-state index in [1.165, 1.54) is 0 Å². The van der Waals surface area contributed by atoms with E-state index in [9.17, 15) is 14.4 Å². The summed E-state index contributed by atoms with van der Waals surface area (Å²) in [6.07, 6.45) is 4.67. The van der Waals surface area contributed by atoms with Crippen LogP contribution in [0.1, 0.15) is 54.1 Å². The number of aromatic amines is 1. The fraction of sp³-hybridized carbons (Fsp3) is 0.452. The molecule has 15 heteroatoms. The van der Waals surface area contributed by atoms with E-state index in [0.29, 0.717) is 72.9 Å². The van der Waals surface area contributed by atoms with E-state index < -0.39 is 5.54 Å². The lowest BCUT2D eigenvalue weighted by Gasteiger charge is -2.45. The maximum absolute atomic E-state index is 14.3. The molecule has 0 aliphatic carbocycles. The van der Waals surface area contributed by atoms with Crippen molar-refractivity contribution in [2.24, 2.45) is 0 Å². The lowest BCUT2D eigenvalue weighted by atomic mass is 9.76. The number of hydrogen-bond acceptors (Lipinski definition) is 9. The molecule has 4 aromatic rings. The number of nitrogens with zero attached hydrogens (tertiary/aromatic N) is 6. The van der Waals surface area contributed by atoms with Crippen molar-refractivity contribution in [3.63, 3.8) is 0 Å². The molecule has 57 heavy (non-hydrogen) atoms. The average Bonchev–Trinajstić information content (AvgIpc) is 3.94. The minimum Gasteiger partial charge on any atom is -0.496 e. The first kappa shape index (κ1) is 40.5. The third kappa shape index (κ3) is 9.07. The van der Waals surface area contributed by atoms with Gasteiger partial charge in [-0.3, -0.25) is 14.5 Å². The van der Waals surface area contributed by atoms with Gasteiger partial charge in [-0.2, -0.15) is 15.4 Å². The van der Waals surface area contributed by atoms with E-state index in [1.807, 2.05) is 63.2 Å². The zero-order chi connectivity index (χ0) is 40.0. The maximum Gasteiger partial charge on any atom is 0.320 e. The predicted molar refractivity (Wildman–Crippen MR) is 219 cm³/mol. The third-order valence-electron chi connectivity index (χ3n) is 11.9. The van der Waals surface area contributed by atoms with Crippen LogP contribution in [0.2, 0.25) is 10.0 Å². The quantitative estimate of drug-likeness (QED) is 0.169. The largest absolute Gasteiger partial charge is 0.496 e. The zero-order valence-electron chi connectivity index (χ0n) is 32.5. The number of piperidine rings is 1. The van der Waals surface area contributed by atoms with E-state index >= 15 is 0 Å². The number of H-pyrrole nitrogens is 1. The van der Waals surface area contributed by atoms with Gasteiger partial charge in [0.1, 0.15) is 11.4 Å². The van der Waals surface area contributed by atoms with Gasteiger partial charge in [0.05, 0.1) is 47.6 Å². The monoisotopic (exact) mass is 816 g/mol. The number of rotatable bonds is 12. The van der Waals surface area contributed by atoms with Gasteiger partial charge < -0.3 is 29.5 Å². The summed E-state index contributed by atoms with van der Waals surface area (Å²) in [6, 6.07) is 21.5. The molecule has 1 aromatic heterocycles.